The van der Waals surface area contributed by atoms with Gasteiger partial charge in [0.2, 0.25) is 0 Å². The average Bonchev–Trinajstić information content (AvgIpc) is 2.54. The van der Waals surface area contributed by atoms with Crippen molar-refractivity contribution in [3.8, 4) is 0 Å². The molecule has 5 heteroatoms. The number of hydrogen-bond donors (Lipinski definition) is 0. The van der Waals surface area contributed by atoms with Crippen LogP contribution < -0.4 is 0 Å². The van der Waals surface area contributed by atoms with E-state index in [9.17, 15) is 14.0 Å². The topological polar surface area (TPSA) is 43.4 Å². The maximum Gasteiger partial charge on any atom is 0.331 e. The highest BCUT2D eigenvalue weighted by atomic mass is 79.9. The minimum atomic E-state index is -0.705. The third-order valence-corrected chi connectivity index (χ3v) is 3.29. The lowest BCUT2D eigenvalue weighted by Crippen LogP contribution is -2.12. The van der Waals surface area contributed by atoms with E-state index in [1.54, 1.807) is 36.4 Å². The molecule has 0 aliphatic heterocycles. The van der Waals surface area contributed by atoms with Crippen LogP contribution in [0.3, 0.4) is 0 Å². The van der Waals surface area contributed by atoms with E-state index in [-0.39, 0.29) is 18.0 Å². The molecule has 22 heavy (non-hydrogen) atoms. The molecule has 0 fully saturated rings. The summed E-state index contributed by atoms with van der Waals surface area (Å²) in [6.07, 6.45) is 2.39. The number of halogens is 2. The highest BCUT2D eigenvalue weighted by Crippen LogP contribution is 2.16. The third-order valence-electron chi connectivity index (χ3n) is 2.80. The summed E-state index contributed by atoms with van der Waals surface area (Å²) in [4.78, 5) is 23.3. The lowest BCUT2D eigenvalue weighted by Gasteiger charge is -2.02. The molecule has 2 aromatic rings. The minimum absolute atomic E-state index is 0.251. The third kappa shape index (κ3) is 4.63. The molecule has 0 aliphatic rings. The van der Waals surface area contributed by atoms with Gasteiger partial charge in [0.05, 0.1) is 0 Å². The van der Waals surface area contributed by atoms with Crippen LogP contribution in [0.4, 0.5) is 4.39 Å². The Kier molecular flexibility index (Phi) is 5.61. The summed E-state index contributed by atoms with van der Waals surface area (Å²) in [7, 11) is 0. The summed E-state index contributed by atoms with van der Waals surface area (Å²) >= 11 is 3.22. The Hall–Kier alpha value is -2.27. The van der Waals surface area contributed by atoms with Gasteiger partial charge in [-0.15, -0.1) is 0 Å². The normalized spacial score (nSPS) is 10.6. The molecule has 2 aromatic carbocycles. The molecular formula is C17H12BrFO3. The zero-order chi connectivity index (χ0) is 15.9. The van der Waals surface area contributed by atoms with Crippen molar-refractivity contribution < 1.29 is 18.7 Å². The number of rotatable bonds is 5. The van der Waals surface area contributed by atoms with Gasteiger partial charge in [-0.2, -0.15) is 0 Å². The molecule has 0 unspecified atom stereocenters. The predicted octanol–water partition coefficient (Wildman–Crippen LogP) is 4.03. The first-order valence-electron chi connectivity index (χ1n) is 6.44. The molecule has 0 radical (unpaired) electrons. The maximum absolute atomic E-state index is 13.5. The van der Waals surface area contributed by atoms with E-state index >= 15 is 0 Å². The molecule has 0 heterocycles. The maximum atomic E-state index is 13.5. The molecule has 0 atom stereocenters. The second-order valence-electron chi connectivity index (χ2n) is 4.40. The minimum Gasteiger partial charge on any atom is -0.454 e. The van der Waals surface area contributed by atoms with Crippen molar-refractivity contribution in [2.75, 3.05) is 6.61 Å². The largest absolute Gasteiger partial charge is 0.454 e. The SMILES string of the molecule is O=C(/C=C/c1cc(Br)ccc1F)OCC(=O)c1ccccc1. The Labute approximate surface area is 135 Å². The first-order valence-corrected chi connectivity index (χ1v) is 7.23. The van der Waals surface area contributed by atoms with Crippen LogP contribution in [0.5, 0.6) is 0 Å². The summed E-state index contributed by atoms with van der Waals surface area (Å²) in [5.41, 5.74) is 0.720. The second kappa shape index (κ2) is 7.66. The fourth-order valence-corrected chi connectivity index (χ4v) is 2.07. The van der Waals surface area contributed by atoms with Gasteiger partial charge in [-0.25, -0.2) is 9.18 Å². The number of esters is 1. The van der Waals surface area contributed by atoms with Crippen molar-refractivity contribution >= 4 is 33.8 Å². The van der Waals surface area contributed by atoms with Crippen molar-refractivity contribution in [2.45, 2.75) is 0 Å². The lowest BCUT2D eigenvalue weighted by molar-refractivity contribution is -0.136. The van der Waals surface area contributed by atoms with Gasteiger partial charge in [-0.1, -0.05) is 46.3 Å². The van der Waals surface area contributed by atoms with Gasteiger partial charge in [-0.05, 0) is 24.3 Å². The molecule has 0 bridgehead atoms. The Morgan fingerprint density at radius 3 is 2.59 bits per heavy atom. The highest BCUT2D eigenvalue weighted by Gasteiger charge is 2.08. The number of carbonyl (C=O) groups excluding carboxylic acids is 2. The van der Waals surface area contributed by atoms with Crippen LogP contribution in [0.25, 0.3) is 6.08 Å². The lowest BCUT2D eigenvalue weighted by atomic mass is 10.1. The quantitative estimate of drug-likeness (QED) is 0.458. The molecule has 0 saturated carbocycles. The first kappa shape index (κ1) is 16.1. The molecule has 2 rings (SSSR count). The molecule has 112 valence electrons. The monoisotopic (exact) mass is 362 g/mol. The summed E-state index contributed by atoms with van der Waals surface area (Å²) < 4.78 is 19.0. The van der Waals surface area contributed by atoms with Crippen LogP contribution in [0.2, 0.25) is 0 Å². The van der Waals surface area contributed by atoms with Crippen LogP contribution in [0, 0.1) is 5.82 Å². The van der Waals surface area contributed by atoms with E-state index in [4.69, 9.17) is 4.74 Å². The van der Waals surface area contributed by atoms with Crippen LogP contribution in [0.1, 0.15) is 15.9 Å². The van der Waals surface area contributed by atoms with E-state index in [0.29, 0.717) is 10.0 Å². The van der Waals surface area contributed by atoms with Crippen molar-refractivity contribution in [3.05, 3.63) is 76.0 Å². The standard InChI is InChI=1S/C17H12BrFO3/c18-14-7-8-15(19)13(10-14)6-9-17(21)22-11-16(20)12-4-2-1-3-5-12/h1-10H,11H2/b9-6+. The van der Waals surface area contributed by atoms with Gasteiger partial charge >= 0.3 is 5.97 Å². The van der Waals surface area contributed by atoms with E-state index in [2.05, 4.69) is 15.9 Å². The van der Waals surface area contributed by atoms with Crippen molar-refractivity contribution in [2.24, 2.45) is 0 Å². The zero-order valence-corrected chi connectivity index (χ0v) is 13.0. The second-order valence-corrected chi connectivity index (χ2v) is 5.31. The molecule has 0 aromatic heterocycles. The van der Waals surface area contributed by atoms with Gasteiger partial charge in [0, 0.05) is 21.7 Å². The Bertz CT molecular complexity index is 711. The van der Waals surface area contributed by atoms with Gasteiger partial charge in [0.1, 0.15) is 5.82 Å². The van der Waals surface area contributed by atoms with E-state index in [1.807, 2.05) is 0 Å². The van der Waals surface area contributed by atoms with Gasteiger partial charge in [0.15, 0.2) is 12.4 Å². The van der Waals surface area contributed by atoms with Gasteiger partial charge in [0.25, 0.3) is 0 Å². The molecule has 3 nitrogen and oxygen atoms in total. The summed E-state index contributed by atoms with van der Waals surface area (Å²) in [6, 6.07) is 12.9. The Morgan fingerprint density at radius 1 is 1.14 bits per heavy atom. The number of benzene rings is 2. The zero-order valence-electron chi connectivity index (χ0n) is 11.5. The fourth-order valence-electron chi connectivity index (χ4n) is 1.69. The van der Waals surface area contributed by atoms with Crippen LogP contribution in [0.15, 0.2) is 59.1 Å². The molecule has 0 amide bonds. The van der Waals surface area contributed by atoms with Crippen molar-refractivity contribution in [1.82, 2.24) is 0 Å². The number of carbonyl (C=O) groups is 2. The van der Waals surface area contributed by atoms with E-state index in [0.717, 1.165) is 6.08 Å². The summed E-state index contributed by atoms with van der Waals surface area (Å²) in [6.45, 7) is -0.353. The number of ketones is 1. The molecule has 0 spiro atoms. The summed E-state index contributed by atoms with van der Waals surface area (Å²) in [5, 5.41) is 0. The predicted molar refractivity (Wildman–Crippen MR) is 84.9 cm³/mol. The summed E-state index contributed by atoms with van der Waals surface area (Å²) in [5.74, 6) is -1.45. The Balaban J connectivity index is 1.92. The number of hydrogen-bond acceptors (Lipinski definition) is 3. The van der Waals surface area contributed by atoms with Gasteiger partial charge in [-0.3, -0.25) is 4.79 Å². The van der Waals surface area contributed by atoms with Crippen molar-refractivity contribution in [3.63, 3.8) is 0 Å². The molecular weight excluding hydrogens is 351 g/mol. The number of Topliss-reactive ketones (excluding diaryl/α,β-unsaturated/α-hetero) is 1. The van der Waals surface area contributed by atoms with Crippen LogP contribution in [-0.4, -0.2) is 18.4 Å². The smallest absolute Gasteiger partial charge is 0.331 e. The number of ether oxygens (including phenoxy) is 1. The molecule has 0 N–H and O–H groups in total. The molecule has 0 aliphatic carbocycles. The van der Waals surface area contributed by atoms with Gasteiger partial charge < -0.3 is 4.74 Å². The Morgan fingerprint density at radius 2 is 1.86 bits per heavy atom. The average molecular weight is 363 g/mol. The van der Waals surface area contributed by atoms with Crippen LogP contribution >= 0.6 is 15.9 Å². The van der Waals surface area contributed by atoms with E-state index < -0.39 is 11.8 Å². The van der Waals surface area contributed by atoms with Crippen LogP contribution in [-0.2, 0) is 9.53 Å². The highest BCUT2D eigenvalue weighted by molar-refractivity contribution is 9.10. The van der Waals surface area contributed by atoms with Crippen molar-refractivity contribution in [1.29, 1.82) is 0 Å². The van der Waals surface area contributed by atoms with E-state index in [1.165, 1.54) is 18.2 Å². The first-order chi connectivity index (χ1) is 10.6. The molecule has 0 saturated heterocycles. The fraction of sp³-hybridized carbons (Fsp3) is 0.0588.